The van der Waals surface area contributed by atoms with Crippen molar-refractivity contribution in [2.45, 2.75) is 19.1 Å². The van der Waals surface area contributed by atoms with Gasteiger partial charge in [0.05, 0.1) is 0 Å². The minimum Gasteiger partial charge on any atom is -0.489 e. The minimum atomic E-state index is 0.241. The van der Waals surface area contributed by atoms with Crippen molar-refractivity contribution in [2.75, 3.05) is 18.8 Å². The van der Waals surface area contributed by atoms with Crippen LogP contribution in [-0.4, -0.2) is 34.1 Å². The number of nitrogens with zero attached hydrogens (tertiary/aromatic N) is 2. The highest BCUT2D eigenvalue weighted by Crippen LogP contribution is 2.26. The molecule has 1 fully saturated rings. The molecular formula is C18H20N4O. The Morgan fingerprint density at radius 3 is 3.13 bits per heavy atom. The second-order valence-electron chi connectivity index (χ2n) is 6.06. The van der Waals surface area contributed by atoms with Gasteiger partial charge in [0.2, 0.25) is 0 Å². The third-order valence-corrected chi connectivity index (χ3v) is 4.37. The predicted molar refractivity (Wildman–Crippen MR) is 91.3 cm³/mol. The van der Waals surface area contributed by atoms with Gasteiger partial charge in [-0.05, 0) is 47.7 Å². The van der Waals surface area contributed by atoms with Gasteiger partial charge in [0, 0.05) is 43.6 Å². The molecule has 4 rings (SSSR count). The molecule has 5 nitrogen and oxygen atoms in total. The topological polar surface area (TPSA) is 67.2 Å². The van der Waals surface area contributed by atoms with Crippen LogP contribution >= 0.6 is 0 Å². The Morgan fingerprint density at radius 2 is 2.26 bits per heavy atom. The van der Waals surface area contributed by atoms with Crippen LogP contribution in [0.25, 0.3) is 10.8 Å². The Labute approximate surface area is 135 Å². The first-order valence-corrected chi connectivity index (χ1v) is 7.93. The Balaban J connectivity index is 1.42. The largest absolute Gasteiger partial charge is 0.489 e. The predicted octanol–water partition coefficient (Wildman–Crippen LogP) is 2.80. The van der Waals surface area contributed by atoms with E-state index in [1.807, 2.05) is 30.5 Å². The maximum absolute atomic E-state index is 6.16. The van der Waals surface area contributed by atoms with E-state index in [-0.39, 0.29) is 6.10 Å². The lowest BCUT2D eigenvalue weighted by atomic mass is 10.1. The summed E-state index contributed by atoms with van der Waals surface area (Å²) in [4.78, 5) is 9.64. The van der Waals surface area contributed by atoms with Crippen molar-refractivity contribution in [3.63, 3.8) is 0 Å². The fourth-order valence-corrected chi connectivity index (χ4v) is 3.20. The number of pyridine rings is 1. The van der Waals surface area contributed by atoms with Gasteiger partial charge in [-0.1, -0.05) is 0 Å². The number of hydrogen-bond donors (Lipinski definition) is 2. The highest BCUT2D eigenvalue weighted by Gasteiger charge is 2.24. The molecule has 0 radical (unpaired) electrons. The molecule has 0 amide bonds. The molecule has 3 aromatic rings. The molecule has 0 bridgehead atoms. The number of hydrogen-bond acceptors (Lipinski definition) is 4. The maximum Gasteiger partial charge on any atom is 0.131 e. The number of rotatable bonds is 4. The zero-order chi connectivity index (χ0) is 15.6. The molecule has 0 spiro atoms. The van der Waals surface area contributed by atoms with Crippen molar-refractivity contribution in [3.05, 3.63) is 54.5 Å². The van der Waals surface area contributed by atoms with E-state index >= 15 is 0 Å². The van der Waals surface area contributed by atoms with Crippen LogP contribution in [0.15, 0.2) is 48.9 Å². The van der Waals surface area contributed by atoms with Gasteiger partial charge in [-0.15, -0.1) is 0 Å². The van der Waals surface area contributed by atoms with Crippen molar-refractivity contribution in [1.29, 1.82) is 0 Å². The van der Waals surface area contributed by atoms with Gasteiger partial charge in [0.15, 0.2) is 0 Å². The molecule has 1 atom stereocenters. The molecular weight excluding hydrogens is 288 g/mol. The highest BCUT2D eigenvalue weighted by atomic mass is 16.5. The monoisotopic (exact) mass is 308 g/mol. The van der Waals surface area contributed by atoms with Gasteiger partial charge in [0.25, 0.3) is 0 Å². The van der Waals surface area contributed by atoms with Crippen molar-refractivity contribution < 1.29 is 4.74 Å². The summed E-state index contributed by atoms with van der Waals surface area (Å²) < 4.78 is 6.16. The average Bonchev–Trinajstić information content (AvgIpc) is 3.20. The summed E-state index contributed by atoms with van der Waals surface area (Å²) in [5.74, 6) is 1.46. The van der Waals surface area contributed by atoms with Crippen molar-refractivity contribution >= 4 is 16.6 Å². The summed E-state index contributed by atoms with van der Waals surface area (Å²) in [5.41, 5.74) is 7.21. The molecule has 1 aliphatic rings. The second-order valence-corrected chi connectivity index (χ2v) is 6.06. The van der Waals surface area contributed by atoms with E-state index in [0.717, 1.165) is 42.6 Å². The first-order chi connectivity index (χ1) is 11.3. The number of aromatic amines is 1. The van der Waals surface area contributed by atoms with Crippen LogP contribution in [0.3, 0.4) is 0 Å². The van der Waals surface area contributed by atoms with Crippen LogP contribution in [0.2, 0.25) is 0 Å². The molecule has 1 aliphatic heterocycles. The number of anilines is 1. The molecule has 0 aliphatic carbocycles. The van der Waals surface area contributed by atoms with Gasteiger partial charge in [-0.2, -0.15) is 0 Å². The van der Waals surface area contributed by atoms with E-state index in [1.54, 1.807) is 6.20 Å². The number of aromatic nitrogens is 2. The summed E-state index contributed by atoms with van der Waals surface area (Å²) in [6.45, 7) is 3.01. The van der Waals surface area contributed by atoms with Crippen LogP contribution in [0.4, 0.5) is 5.82 Å². The molecule has 5 heteroatoms. The number of nitrogens with two attached hydrogens (primary N) is 1. The Morgan fingerprint density at radius 1 is 1.30 bits per heavy atom. The highest BCUT2D eigenvalue weighted by molar-refractivity contribution is 5.91. The number of H-pyrrole nitrogens is 1. The Hall–Kier alpha value is -2.53. The quantitative estimate of drug-likeness (QED) is 0.778. The number of nitrogens with one attached hydrogen (secondary N) is 1. The van der Waals surface area contributed by atoms with Gasteiger partial charge < -0.3 is 15.5 Å². The second kappa shape index (κ2) is 5.93. The SMILES string of the molecule is Nc1nccc2cc(O[C@H]3CCN(Cc4cc[nH]c4)C3)ccc12. The molecule has 2 aromatic heterocycles. The first-order valence-electron chi connectivity index (χ1n) is 7.93. The van der Waals surface area contributed by atoms with Crippen LogP contribution < -0.4 is 10.5 Å². The molecule has 0 unspecified atom stereocenters. The molecule has 1 saturated heterocycles. The van der Waals surface area contributed by atoms with Crippen molar-refractivity contribution in [3.8, 4) is 5.75 Å². The lowest BCUT2D eigenvalue weighted by Crippen LogP contribution is -2.24. The van der Waals surface area contributed by atoms with E-state index < -0.39 is 0 Å². The number of benzene rings is 1. The zero-order valence-electron chi connectivity index (χ0n) is 12.9. The molecule has 23 heavy (non-hydrogen) atoms. The van der Waals surface area contributed by atoms with Crippen LogP contribution in [0.5, 0.6) is 5.75 Å². The molecule has 3 N–H and O–H groups in total. The summed E-state index contributed by atoms with van der Waals surface area (Å²) in [6.07, 6.45) is 7.05. The van der Waals surface area contributed by atoms with Crippen LogP contribution in [-0.2, 0) is 6.54 Å². The Kier molecular flexibility index (Phi) is 3.63. The summed E-state index contributed by atoms with van der Waals surface area (Å²) in [5, 5.41) is 2.04. The lowest BCUT2D eigenvalue weighted by molar-refractivity contribution is 0.198. The molecule has 0 saturated carbocycles. The van der Waals surface area contributed by atoms with E-state index in [4.69, 9.17) is 10.5 Å². The third-order valence-electron chi connectivity index (χ3n) is 4.37. The number of fused-ring (bicyclic) bond motifs is 1. The minimum absolute atomic E-state index is 0.241. The standard InChI is InChI=1S/C18H20N4O/c19-18-17-2-1-15(9-14(17)4-7-21-18)23-16-5-8-22(12-16)11-13-3-6-20-10-13/h1-4,6-7,9-10,16,20H,5,8,11-12H2,(H2,19,21)/t16-/m0/s1. The van der Waals surface area contributed by atoms with Crippen LogP contribution in [0.1, 0.15) is 12.0 Å². The van der Waals surface area contributed by atoms with Crippen molar-refractivity contribution in [2.24, 2.45) is 0 Å². The maximum atomic E-state index is 6.16. The van der Waals surface area contributed by atoms with E-state index in [9.17, 15) is 0 Å². The van der Waals surface area contributed by atoms with Gasteiger partial charge in [0.1, 0.15) is 17.7 Å². The van der Waals surface area contributed by atoms with Gasteiger partial charge in [-0.3, -0.25) is 4.90 Å². The number of nitrogen functional groups attached to an aromatic ring is 1. The number of likely N-dealkylation sites (tertiary alicyclic amines) is 1. The molecule has 118 valence electrons. The van der Waals surface area contributed by atoms with Crippen molar-refractivity contribution in [1.82, 2.24) is 14.9 Å². The summed E-state index contributed by atoms with van der Waals surface area (Å²) >= 11 is 0. The smallest absolute Gasteiger partial charge is 0.131 e. The fourth-order valence-electron chi connectivity index (χ4n) is 3.20. The third kappa shape index (κ3) is 3.00. The Bertz CT molecular complexity index is 800. The van der Waals surface area contributed by atoms with E-state index in [2.05, 4.69) is 27.1 Å². The fraction of sp³-hybridized carbons (Fsp3) is 0.278. The van der Waals surface area contributed by atoms with E-state index in [1.165, 1.54) is 5.56 Å². The average molecular weight is 308 g/mol. The van der Waals surface area contributed by atoms with Crippen LogP contribution in [0, 0.1) is 0 Å². The summed E-state index contributed by atoms with van der Waals surface area (Å²) in [7, 11) is 0. The number of ether oxygens (including phenoxy) is 1. The van der Waals surface area contributed by atoms with E-state index in [0.29, 0.717) is 5.82 Å². The molecule has 3 heterocycles. The summed E-state index contributed by atoms with van der Waals surface area (Å²) in [6, 6.07) is 10.1. The van der Waals surface area contributed by atoms with Gasteiger partial charge >= 0.3 is 0 Å². The van der Waals surface area contributed by atoms with Gasteiger partial charge in [-0.25, -0.2) is 4.98 Å². The normalized spacial score (nSPS) is 18.5. The lowest BCUT2D eigenvalue weighted by Gasteiger charge is -2.16. The molecule has 1 aromatic carbocycles. The first kappa shape index (κ1) is 14.1. The zero-order valence-corrected chi connectivity index (χ0v) is 12.9.